The van der Waals surface area contributed by atoms with Crippen molar-refractivity contribution in [2.45, 2.75) is 6.61 Å². The normalized spacial score (nSPS) is 11.3. The first-order chi connectivity index (χ1) is 15.7. The average Bonchev–Trinajstić information content (AvgIpc) is 3.46. The number of nitrogens with one attached hydrogen (secondary N) is 1. The first-order valence-corrected chi connectivity index (χ1v) is 10.5. The summed E-state index contributed by atoms with van der Waals surface area (Å²) >= 11 is 1.55. The molecule has 0 saturated carbocycles. The predicted octanol–water partition coefficient (Wildman–Crippen LogP) is 5.51. The second-order valence-corrected chi connectivity index (χ2v) is 7.75. The molecule has 32 heavy (non-hydrogen) atoms. The maximum Gasteiger partial charge on any atom is 0.254 e. The van der Waals surface area contributed by atoms with Gasteiger partial charge < -0.3 is 9.15 Å². The number of hydrogen-bond donors (Lipinski definition) is 1. The van der Waals surface area contributed by atoms with Gasteiger partial charge in [0.1, 0.15) is 11.6 Å². The SMILES string of the molecule is Fc1ccc(-c2nnc(COc3ccc(/C=N/Nc4nc5ccccc5s4)cc3)o2)cc1. The van der Waals surface area contributed by atoms with Gasteiger partial charge in [0.2, 0.25) is 11.0 Å². The molecule has 0 amide bonds. The quantitative estimate of drug-likeness (QED) is 0.263. The van der Waals surface area contributed by atoms with Crippen LogP contribution < -0.4 is 10.2 Å². The Labute approximate surface area is 186 Å². The zero-order valence-corrected chi connectivity index (χ0v) is 17.4. The highest BCUT2D eigenvalue weighted by Gasteiger charge is 2.09. The first kappa shape index (κ1) is 19.8. The zero-order chi connectivity index (χ0) is 21.8. The number of hydrogen-bond acceptors (Lipinski definition) is 8. The van der Waals surface area contributed by atoms with Gasteiger partial charge in [-0.15, -0.1) is 10.2 Å². The van der Waals surface area contributed by atoms with Gasteiger partial charge in [-0.1, -0.05) is 23.5 Å². The molecule has 7 nitrogen and oxygen atoms in total. The maximum absolute atomic E-state index is 13.0. The summed E-state index contributed by atoms with van der Waals surface area (Å²) in [5.74, 6) is 0.978. The van der Waals surface area contributed by atoms with Crippen molar-refractivity contribution < 1.29 is 13.5 Å². The predicted molar refractivity (Wildman–Crippen MR) is 121 cm³/mol. The highest BCUT2D eigenvalue weighted by atomic mass is 32.1. The van der Waals surface area contributed by atoms with E-state index >= 15 is 0 Å². The van der Waals surface area contributed by atoms with Gasteiger partial charge in [0.05, 0.1) is 16.4 Å². The van der Waals surface area contributed by atoms with Gasteiger partial charge in [-0.25, -0.2) is 9.37 Å². The fourth-order valence-corrected chi connectivity index (χ4v) is 3.71. The number of benzene rings is 3. The molecule has 0 unspecified atom stereocenters. The van der Waals surface area contributed by atoms with E-state index in [0.717, 1.165) is 20.9 Å². The zero-order valence-electron chi connectivity index (χ0n) is 16.6. The molecule has 0 spiro atoms. The monoisotopic (exact) mass is 445 g/mol. The third kappa shape index (κ3) is 4.62. The fourth-order valence-electron chi connectivity index (χ4n) is 2.90. The smallest absolute Gasteiger partial charge is 0.254 e. The topological polar surface area (TPSA) is 85.4 Å². The third-order valence-corrected chi connectivity index (χ3v) is 5.41. The van der Waals surface area contributed by atoms with Crippen molar-refractivity contribution in [1.82, 2.24) is 15.2 Å². The second kappa shape index (κ2) is 8.94. The van der Waals surface area contributed by atoms with Gasteiger partial charge in [0, 0.05) is 5.56 Å². The molecule has 2 aromatic heterocycles. The van der Waals surface area contributed by atoms with Crippen molar-refractivity contribution in [3.05, 3.63) is 90.1 Å². The van der Waals surface area contributed by atoms with E-state index in [1.807, 2.05) is 48.5 Å². The van der Waals surface area contributed by atoms with E-state index in [9.17, 15) is 4.39 Å². The van der Waals surface area contributed by atoms with Crippen LogP contribution in [0.2, 0.25) is 0 Å². The van der Waals surface area contributed by atoms with Crippen molar-refractivity contribution in [1.29, 1.82) is 0 Å². The highest BCUT2D eigenvalue weighted by molar-refractivity contribution is 7.22. The van der Waals surface area contributed by atoms with E-state index in [1.165, 1.54) is 12.1 Å². The third-order valence-electron chi connectivity index (χ3n) is 4.47. The molecular formula is C23H16FN5O2S. The number of rotatable bonds is 7. The number of para-hydroxylation sites is 1. The molecule has 5 aromatic rings. The number of halogens is 1. The Morgan fingerprint density at radius 2 is 1.81 bits per heavy atom. The molecule has 0 aliphatic rings. The van der Waals surface area contributed by atoms with Crippen LogP contribution in [0.4, 0.5) is 9.52 Å². The lowest BCUT2D eigenvalue weighted by Gasteiger charge is -2.03. The molecule has 5 rings (SSSR count). The van der Waals surface area contributed by atoms with Crippen LogP contribution in [0.3, 0.4) is 0 Å². The number of anilines is 1. The minimum Gasteiger partial charge on any atom is -0.484 e. The molecule has 0 aliphatic carbocycles. The van der Waals surface area contributed by atoms with Crippen LogP contribution in [0.5, 0.6) is 5.75 Å². The van der Waals surface area contributed by atoms with Crippen molar-refractivity contribution in [3.63, 3.8) is 0 Å². The fraction of sp³-hybridized carbons (Fsp3) is 0.0435. The molecule has 0 aliphatic heterocycles. The summed E-state index contributed by atoms with van der Waals surface area (Å²) in [7, 11) is 0. The summed E-state index contributed by atoms with van der Waals surface area (Å²) < 4.78 is 25.4. The van der Waals surface area contributed by atoms with Gasteiger partial charge in [0.25, 0.3) is 5.89 Å². The number of fused-ring (bicyclic) bond motifs is 1. The Kier molecular flexibility index (Phi) is 5.54. The van der Waals surface area contributed by atoms with Crippen LogP contribution in [0, 0.1) is 5.82 Å². The average molecular weight is 445 g/mol. The molecule has 9 heteroatoms. The van der Waals surface area contributed by atoms with Crippen LogP contribution in [-0.2, 0) is 6.61 Å². The number of ether oxygens (including phenoxy) is 1. The molecule has 0 radical (unpaired) electrons. The largest absolute Gasteiger partial charge is 0.484 e. The van der Waals surface area contributed by atoms with Crippen LogP contribution in [0.25, 0.3) is 21.7 Å². The summed E-state index contributed by atoms with van der Waals surface area (Å²) in [5, 5.41) is 12.9. The Morgan fingerprint density at radius 3 is 2.62 bits per heavy atom. The van der Waals surface area contributed by atoms with Crippen molar-refractivity contribution in [2.75, 3.05) is 5.43 Å². The van der Waals surface area contributed by atoms with Gasteiger partial charge in [-0.2, -0.15) is 5.10 Å². The number of nitrogens with zero attached hydrogens (tertiary/aromatic N) is 4. The van der Waals surface area contributed by atoms with Gasteiger partial charge in [0.15, 0.2) is 6.61 Å². The Balaban J connectivity index is 1.15. The molecule has 2 heterocycles. The summed E-state index contributed by atoms with van der Waals surface area (Å²) in [6.07, 6.45) is 1.71. The standard InChI is InChI=1S/C23H16FN5O2S/c24-17-9-7-16(8-10-17)22-28-27-21(31-22)14-30-18-11-5-15(6-12-18)13-25-29-23-26-19-3-1-2-4-20(19)32-23/h1-13H,14H2,(H,26,29)/b25-13+. The van der Waals surface area contributed by atoms with E-state index in [2.05, 4.69) is 25.7 Å². The number of aromatic nitrogens is 3. The Morgan fingerprint density at radius 1 is 1.00 bits per heavy atom. The van der Waals surface area contributed by atoms with Crippen molar-refractivity contribution in [3.8, 4) is 17.2 Å². The van der Waals surface area contributed by atoms with Gasteiger partial charge >= 0.3 is 0 Å². The molecule has 0 bridgehead atoms. The number of hydrazone groups is 1. The van der Waals surface area contributed by atoms with E-state index in [1.54, 1.807) is 29.7 Å². The molecule has 0 atom stereocenters. The minimum absolute atomic E-state index is 0.126. The van der Waals surface area contributed by atoms with E-state index in [4.69, 9.17) is 9.15 Å². The molecule has 158 valence electrons. The van der Waals surface area contributed by atoms with Crippen LogP contribution in [0.15, 0.2) is 82.3 Å². The highest BCUT2D eigenvalue weighted by Crippen LogP contribution is 2.25. The molecular weight excluding hydrogens is 429 g/mol. The lowest BCUT2D eigenvalue weighted by molar-refractivity contribution is 0.264. The van der Waals surface area contributed by atoms with E-state index in [0.29, 0.717) is 23.1 Å². The van der Waals surface area contributed by atoms with E-state index < -0.39 is 0 Å². The maximum atomic E-state index is 13.0. The summed E-state index contributed by atoms with van der Waals surface area (Å²) in [6, 6.07) is 21.2. The van der Waals surface area contributed by atoms with E-state index in [-0.39, 0.29) is 12.4 Å². The molecule has 0 fully saturated rings. The second-order valence-electron chi connectivity index (χ2n) is 6.72. The molecule has 3 aromatic carbocycles. The lowest BCUT2D eigenvalue weighted by atomic mass is 10.2. The number of thiazole rings is 1. The van der Waals surface area contributed by atoms with Crippen LogP contribution >= 0.6 is 11.3 Å². The van der Waals surface area contributed by atoms with Crippen molar-refractivity contribution in [2.24, 2.45) is 5.10 Å². The van der Waals surface area contributed by atoms with Gasteiger partial charge in [-0.05, 0) is 66.2 Å². The van der Waals surface area contributed by atoms with Crippen LogP contribution in [-0.4, -0.2) is 21.4 Å². The first-order valence-electron chi connectivity index (χ1n) is 9.69. The molecule has 0 saturated heterocycles. The summed E-state index contributed by atoms with van der Waals surface area (Å²) in [6.45, 7) is 0.126. The lowest BCUT2D eigenvalue weighted by Crippen LogP contribution is -1.96. The van der Waals surface area contributed by atoms with Gasteiger partial charge in [-0.3, -0.25) is 5.43 Å². The van der Waals surface area contributed by atoms with Crippen LogP contribution in [0.1, 0.15) is 11.5 Å². The Hall–Kier alpha value is -4.11. The van der Waals surface area contributed by atoms with Crippen molar-refractivity contribution >= 4 is 32.9 Å². The molecule has 1 N–H and O–H groups in total. The summed E-state index contributed by atoms with van der Waals surface area (Å²) in [4.78, 5) is 4.47. The Bertz CT molecular complexity index is 1330. The minimum atomic E-state index is -0.321. The summed E-state index contributed by atoms with van der Waals surface area (Å²) in [5.41, 5.74) is 5.46.